The van der Waals surface area contributed by atoms with Gasteiger partial charge in [0.2, 0.25) is 10.1 Å². The van der Waals surface area contributed by atoms with Crippen LogP contribution in [0.25, 0.3) is 0 Å². The van der Waals surface area contributed by atoms with Crippen LogP contribution in [0.1, 0.15) is 25.7 Å². The molecule has 3 aromatic rings. The molecular weight excluding hydrogens is 510 g/mol. The summed E-state index contributed by atoms with van der Waals surface area (Å²) in [6, 6.07) is 7.30. The molecule has 200 valence electrons. The lowest BCUT2D eigenvalue weighted by molar-refractivity contribution is 0.0544. The molecule has 38 heavy (non-hydrogen) atoms. The summed E-state index contributed by atoms with van der Waals surface area (Å²) in [5.41, 5.74) is 2.91. The van der Waals surface area contributed by atoms with E-state index in [4.69, 9.17) is 14.2 Å². The van der Waals surface area contributed by atoms with Gasteiger partial charge < -0.3 is 29.7 Å². The molecule has 1 fully saturated rings. The van der Waals surface area contributed by atoms with Crippen molar-refractivity contribution >= 4 is 39.7 Å². The van der Waals surface area contributed by atoms with Crippen LogP contribution in [0.2, 0.25) is 0 Å². The molecule has 2 aliphatic heterocycles. The first-order chi connectivity index (χ1) is 18.6. The van der Waals surface area contributed by atoms with Gasteiger partial charge in [0, 0.05) is 45.0 Å². The van der Waals surface area contributed by atoms with E-state index in [2.05, 4.69) is 30.7 Å². The fraction of sp³-hybridized carbons (Fsp3) is 0.400. The van der Waals surface area contributed by atoms with Gasteiger partial charge in [0.1, 0.15) is 12.4 Å². The third-order valence-electron chi connectivity index (χ3n) is 6.16. The molecular formula is C25H29N7O5S. The van der Waals surface area contributed by atoms with E-state index in [-0.39, 0.29) is 10.9 Å². The second-order valence-corrected chi connectivity index (χ2v) is 9.59. The van der Waals surface area contributed by atoms with Crippen LogP contribution < -0.4 is 25.2 Å². The van der Waals surface area contributed by atoms with Crippen molar-refractivity contribution in [3.05, 3.63) is 52.8 Å². The topological polar surface area (TPSA) is 131 Å². The van der Waals surface area contributed by atoms with Gasteiger partial charge in [-0.05, 0) is 23.8 Å². The van der Waals surface area contributed by atoms with Crippen molar-refractivity contribution in [3.63, 3.8) is 0 Å². The minimum absolute atomic E-state index is 0.163. The van der Waals surface area contributed by atoms with Crippen molar-refractivity contribution < 1.29 is 23.8 Å². The molecule has 1 aromatic carbocycles. The second-order valence-electron chi connectivity index (χ2n) is 8.64. The summed E-state index contributed by atoms with van der Waals surface area (Å²) in [4.78, 5) is 34.0. The van der Waals surface area contributed by atoms with E-state index in [1.165, 1.54) is 4.90 Å². The number of nitrogens with one attached hydrogen (secondary N) is 2. The average Bonchev–Trinajstić information content (AvgIpc) is 3.56. The molecule has 0 unspecified atom stereocenters. The molecule has 0 spiro atoms. The lowest BCUT2D eigenvalue weighted by Gasteiger charge is -2.30. The number of pyridine rings is 1. The highest BCUT2D eigenvalue weighted by molar-refractivity contribution is 7.17. The van der Waals surface area contributed by atoms with Crippen molar-refractivity contribution in [3.8, 4) is 5.75 Å². The maximum absolute atomic E-state index is 13.1. The smallest absolute Gasteiger partial charge is 0.286 e. The molecule has 4 heterocycles. The maximum atomic E-state index is 13.1. The number of amides is 2. The first-order valence-corrected chi connectivity index (χ1v) is 13.1. The maximum Gasteiger partial charge on any atom is 0.286 e. The van der Waals surface area contributed by atoms with E-state index in [0.29, 0.717) is 55.1 Å². The normalized spacial score (nSPS) is 15.0. The Morgan fingerprint density at radius 3 is 2.82 bits per heavy atom. The van der Waals surface area contributed by atoms with Crippen LogP contribution >= 0.6 is 11.3 Å². The monoisotopic (exact) mass is 539 g/mol. The Morgan fingerprint density at radius 2 is 1.97 bits per heavy atom. The number of fused-ring (bicyclic) bond motifs is 1. The predicted molar refractivity (Wildman–Crippen MR) is 142 cm³/mol. The highest BCUT2D eigenvalue weighted by Gasteiger charge is 2.32. The summed E-state index contributed by atoms with van der Waals surface area (Å²) >= 11 is 1.07. The van der Waals surface area contributed by atoms with E-state index in [9.17, 15) is 9.59 Å². The molecule has 2 amide bonds. The molecule has 1 saturated heterocycles. The van der Waals surface area contributed by atoms with Gasteiger partial charge in [-0.25, -0.2) is 0 Å². The largest absolute Gasteiger partial charge is 0.491 e. The number of methoxy groups -OCH3 is 1. The van der Waals surface area contributed by atoms with Crippen LogP contribution in [0.5, 0.6) is 5.75 Å². The van der Waals surface area contributed by atoms with Gasteiger partial charge in [-0.15, -0.1) is 10.2 Å². The minimum Gasteiger partial charge on any atom is -0.491 e. The Labute approximate surface area is 223 Å². The number of benzene rings is 1. The van der Waals surface area contributed by atoms with E-state index in [1.807, 2.05) is 18.2 Å². The van der Waals surface area contributed by atoms with Gasteiger partial charge in [0.05, 0.1) is 43.9 Å². The first kappa shape index (κ1) is 26.0. The van der Waals surface area contributed by atoms with Gasteiger partial charge in [-0.3, -0.25) is 19.5 Å². The van der Waals surface area contributed by atoms with E-state index in [0.717, 1.165) is 48.8 Å². The van der Waals surface area contributed by atoms with E-state index in [1.54, 1.807) is 25.6 Å². The van der Waals surface area contributed by atoms with Crippen LogP contribution in [-0.4, -0.2) is 86.7 Å². The standard InChI is InChI=1S/C25H29N7O5S/c1-35-10-11-36-12-13-37-18-3-2-17-16-32(24(34)19(17)14-18)25-30-29-23(38-25)22(33)28-20-15-27-5-4-21(20)31-8-6-26-7-9-31/h2-5,14-15,26H,6-13,16H2,1H3,(H,28,33). The van der Waals surface area contributed by atoms with Gasteiger partial charge in [0.25, 0.3) is 11.8 Å². The number of ether oxygens (including phenoxy) is 3. The number of carbonyl (C=O) groups excluding carboxylic acids is 2. The first-order valence-electron chi connectivity index (χ1n) is 12.3. The quantitative estimate of drug-likeness (QED) is 0.348. The lowest BCUT2D eigenvalue weighted by atomic mass is 10.1. The van der Waals surface area contributed by atoms with Crippen molar-refractivity contribution in [2.75, 3.05) is 74.8 Å². The Morgan fingerprint density at radius 1 is 1.13 bits per heavy atom. The Kier molecular flexibility index (Phi) is 8.38. The highest BCUT2D eigenvalue weighted by Crippen LogP contribution is 2.33. The molecule has 0 saturated carbocycles. The minimum atomic E-state index is -0.398. The van der Waals surface area contributed by atoms with Gasteiger partial charge in [-0.1, -0.05) is 17.4 Å². The third kappa shape index (κ3) is 5.91. The summed E-state index contributed by atoms with van der Waals surface area (Å²) in [5.74, 6) is -0.0211. The van der Waals surface area contributed by atoms with Gasteiger partial charge in [0.15, 0.2) is 0 Å². The molecule has 0 atom stereocenters. The van der Waals surface area contributed by atoms with Crippen molar-refractivity contribution in [2.45, 2.75) is 6.54 Å². The van der Waals surface area contributed by atoms with Crippen LogP contribution in [0.4, 0.5) is 16.5 Å². The number of hydrogen-bond donors (Lipinski definition) is 2. The summed E-state index contributed by atoms with van der Waals surface area (Å²) < 4.78 is 16.1. The van der Waals surface area contributed by atoms with Crippen LogP contribution in [0.3, 0.4) is 0 Å². The Balaban J connectivity index is 1.21. The number of rotatable bonds is 11. The van der Waals surface area contributed by atoms with Crippen LogP contribution in [0.15, 0.2) is 36.7 Å². The second kappa shape index (κ2) is 12.3. The third-order valence-corrected chi connectivity index (χ3v) is 7.10. The summed E-state index contributed by atoms with van der Waals surface area (Å²) in [7, 11) is 1.62. The number of hydrogen-bond acceptors (Lipinski definition) is 11. The highest BCUT2D eigenvalue weighted by atomic mass is 32.1. The molecule has 2 N–H and O–H groups in total. The molecule has 0 aliphatic carbocycles. The van der Waals surface area contributed by atoms with Crippen molar-refractivity contribution in [2.24, 2.45) is 0 Å². The zero-order valence-corrected chi connectivity index (χ0v) is 21.8. The zero-order chi connectivity index (χ0) is 26.3. The molecule has 13 heteroatoms. The Bertz CT molecular complexity index is 1280. The van der Waals surface area contributed by atoms with Gasteiger partial charge in [-0.2, -0.15) is 0 Å². The van der Waals surface area contributed by atoms with Crippen molar-refractivity contribution in [1.29, 1.82) is 0 Å². The average molecular weight is 540 g/mol. The fourth-order valence-corrected chi connectivity index (χ4v) is 4.98. The molecule has 0 radical (unpaired) electrons. The zero-order valence-electron chi connectivity index (χ0n) is 21.0. The number of carbonyl (C=O) groups is 2. The lowest BCUT2D eigenvalue weighted by Crippen LogP contribution is -2.43. The van der Waals surface area contributed by atoms with Crippen LogP contribution in [0, 0.1) is 0 Å². The number of anilines is 3. The number of aromatic nitrogens is 3. The van der Waals surface area contributed by atoms with E-state index < -0.39 is 5.91 Å². The SMILES string of the molecule is COCCOCCOc1ccc2c(c1)C(=O)N(c1nnc(C(=O)Nc3cnccc3N3CCNCC3)s1)C2. The van der Waals surface area contributed by atoms with Crippen molar-refractivity contribution in [1.82, 2.24) is 20.5 Å². The summed E-state index contributed by atoms with van der Waals surface area (Å²) in [6.07, 6.45) is 3.34. The molecule has 5 rings (SSSR count). The number of piperazine rings is 1. The molecule has 12 nitrogen and oxygen atoms in total. The molecule has 2 aromatic heterocycles. The van der Waals surface area contributed by atoms with Gasteiger partial charge >= 0.3 is 0 Å². The summed E-state index contributed by atoms with van der Waals surface area (Å²) in [6.45, 7) is 5.58. The van der Waals surface area contributed by atoms with Crippen LogP contribution in [-0.2, 0) is 16.0 Å². The Hall–Kier alpha value is -3.65. The summed E-state index contributed by atoms with van der Waals surface area (Å²) in [5, 5.41) is 14.9. The van der Waals surface area contributed by atoms with E-state index >= 15 is 0 Å². The molecule has 0 bridgehead atoms. The fourth-order valence-electron chi connectivity index (χ4n) is 4.24. The predicted octanol–water partition coefficient (Wildman–Crippen LogP) is 1.80. The number of nitrogens with zero attached hydrogens (tertiary/aromatic N) is 5. The molecule has 2 aliphatic rings.